The number of thioether (sulfide) groups is 1. The van der Waals surface area contributed by atoms with Crippen LogP contribution in [0.3, 0.4) is 0 Å². The van der Waals surface area contributed by atoms with Crippen LogP contribution < -0.4 is 4.74 Å². The van der Waals surface area contributed by atoms with Crippen LogP contribution in [0, 0.1) is 13.8 Å². The van der Waals surface area contributed by atoms with Gasteiger partial charge >= 0.3 is 0 Å². The number of hydrogen-bond acceptors (Lipinski definition) is 3. The fourth-order valence-electron chi connectivity index (χ4n) is 2.09. The summed E-state index contributed by atoms with van der Waals surface area (Å²) in [6.07, 6.45) is 0. The number of aryl methyl sites for hydroxylation is 2. The van der Waals surface area contributed by atoms with Crippen LogP contribution in [0.5, 0.6) is 5.75 Å². The minimum atomic E-state index is 0.114. The molecule has 0 spiro atoms. The molecule has 0 aliphatic carbocycles. The van der Waals surface area contributed by atoms with Gasteiger partial charge < -0.3 is 4.74 Å². The van der Waals surface area contributed by atoms with Gasteiger partial charge in [0.2, 0.25) is 0 Å². The van der Waals surface area contributed by atoms with Gasteiger partial charge in [-0.25, -0.2) is 0 Å². The van der Waals surface area contributed by atoms with E-state index in [1.54, 1.807) is 7.11 Å². The first kappa shape index (κ1) is 15.9. The van der Waals surface area contributed by atoms with Crippen LogP contribution in [0.2, 0.25) is 5.02 Å². The van der Waals surface area contributed by atoms with Crippen LogP contribution in [0.15, 0.2) is 41.3 Å². The third-order valence-electron chi connectivity index (χ3n) is 3.21. The third kappa shape index (κ3) is 4.02. The fourth-order valence-corrected chi connectivity index (χ4v) is 3.19. The van der Waals surface area contributed by atoms with E-state index in [9.17, 15) is 4.79 Å². The van der Waals surface area contributed by atoms with Crippen molar-refractivity contribution in [2.75, 3.05) is 12.9 Å². The van der Waals surface area contributed by atoms with Crippen molar-refractivity contribution < 1.29 is 9.53 Å². The lowest BCUT2D eigenvalue weighted by atomic mass is 10.0. The van der Waals surface area contributed by atoms with E-state index in [1.165, 1.54) is 11.8 Å². The van der Waals surface area contributed by atoms with E-state index in [1.807, 2.05) is 50.2 Å². The van der Waals surface area contributed by atoms with Crippen molar-refractivity contribution in [3.63, 3.8) is 0 Å². The van der Waals surface area contributed by atoms with Gasteiger partial charge in [0.25, 0.3) is 0 Å². The van der Waals surface area contributed by atoms with Gasteiger partial charge in [0, 0.05) is 15.5 Å². The Balaban J connectivity index is 2.12. The van der Waals surface area contributed by atoms with E-state index < -0.39 is 0 Å². The number of methoxy groups -OCH3 is 1. The Bertz CT molecular complexity index is 668. The van der Waals surface area contributed by atoms with Gasteiger partial charge in [0.1, 0.15) is 5.75 Å². The molecule has 0 heterocycles. The van der Waals surface area contributed by atoms with E-state index in [0.717, 1.165) is 27.3 Å². The summed E-state index contributed by atoms with van der Waals surface area (Å²) in [7, 11) is 1.64. The summed E-state index contributed by atoms with van der Waals surface area (Å²) in [5.41, 5.74) is 2.66. The second-order valence-electron chi connectivity index (χ2n) is 4.81. The van der Waals surface area contributed by atoms with Crippen LogP contribution in [0.25, 0.3) is 0 Å². The molecule has 0 unspecified atom stereocenters. The van der Waals surface area contributed by atoms with Gasteiger partial charge in [-0.15, -0.1) is 11.8 Å². The normalized spacial score (nSPS) is 10.5. The zero-order valence-corrected chi connectivity index (χ0v) is 13.8. The molecule has 21 heavy (non-hydrogen) atoms. The highest BCUT2D eigenvalue weighted by Gasteiger charge is 2.12. The molecule has 0 aliphatic heterocycles. The van der Waals surface area contributed by atoms with Crippen LogP contribution in [0.1, 0.15) is 21.5 Å². The maximum Gasteiger partial charge on any atom is 0.173 e. The summed E-state index contributed by atoms with van der Waals surface area (Å²) in [5, 5.41) is 0.684. The molecule has 110 valence electrons. The Morgan fingerprint density at radius 1 is 1.19 bits per heavy atom. The van der Waals surface area contributed by atoms with Crippen molar-refractivity contribution in [2.45, 2.75) is 18.7 Å². The smallest absolute Gasteiger partial charge is 0.173 e. The molecule has 0 fully saturated rings. The van der Waals surface area contributed by atoms with Crippen molar-refractivity contribution in [1.29, 1.82) is 0 Å². The first-order chi connectivity index (χ1) is 10.0. The van der Waals surface area contributed by atoms with E-state index in [4.69, 9.17) is 16.3 Å². The van der Waals surface area contributed by atoms with Gasteiger partial charge in [-0.05, 0) is 55.3 Å². The Hall–Kier alpha value is -1.45. The number of Topliss-reactive ketones (excluding diaryl/α,β-unsaturated/α-hetero) is 1. The first-order valence-electron chi connectivity index (χ1n) is 6.58. The monoisotopic (exact) mass is 320 g/mol. The molecule has 2 aromatic rings. The van der Waals surface area contributed by atoms with Gasteiger partial charge in [-0.2, -0.15) is 0 Å². The number of hydrogen-bond donors (Lipinski definition) is 0. The number of ether oxygens (including phenoxy) is 1. The molecular weight excluding hydrogens is 304 g/mol. The number of benzene rings is 2. The quantitative estimate of drug-likeness (QED) is 0.576. The SMILES string of the molecule is COc1cc(C)c(C(=O)CSc2cccc(Cl)c2)cc1C. The van der Waals surface area contributed by atoms with E-state index in [-0.39, 0.29) is 5.78 Å². The molecule has 0 N–H and O–H groups in total. The number of carbonyl (C=O) groups excluding carboxylic acids is 1. The van der Waals surface area contributed by atoms with Gasteiger partial charge in [-0.1, -0.05) is 17.7 Å². The Morgan fingerprint density at radius 2 is 1.95 bits per heavy atom. The summed E-state index contributed by atoms with van der Waals surface area (Å²) in [4.78, 5) is 13.4. The summed E-state index contributed by atoms with van der Waals surface area (Å²) < 4.78 is 5.27. The lowest BCUT2D eigenvalue weighted by Gasteiger charge is -2.10. The number of halogens is 1. The van der Waals surface area contributed by atoms with Gasteiger partial charge in [0.15, 0.2) is 5.78 Å². The highest BCUT2D eigenvalue weighted by atomic mass is 35.5. The topological polar surface area (TPSA) is 26.3 Å². The van der Waals surface area contributed by atoms with Gasteiger partial charge in [0.05, 0.1) is 12.9 Å². The first-order valence-corrected chi connectivity index (χ1v) is 7.94. The minimum Gasteiger partial charge on any atom is -0.496 e. The largest absolute Gasteiger partial charge is 0.496 e. The molecule has 2 nitrogen and oxygen atoms in total. The Kier molecular flexibility index (Phi) is 5.32. The summed E-state index contributed by atoms with van der Waals surface area (Å²) in [6.45, 7) is 3.87. The molecule has 0 amide bonds. The van der Waals surface area contributed by atoms with Crippen molar-refractivity contribution in [1.82, 2.24) is 0 Å². The molecule has 0 saturated heterocycles. The Labute approximate surface area is 134 Å². The average Bonchev–Trinajstić information content (AvgIpc) is 2.46. The van der Waals surface area contributed by atoms with Crippen LogP contribution in [-0.2, 0) is 0 Å². The van der Waals surface area contributed by atoms with E-state index in [0.29, 0.717) is 10.8 Å². The van der Waals surface area contributed by atoms with Gasteiger partial charge in [-0.3, -0.25) is 4.79 Å². The van der Waals surface area contributed by atoms with Crippen molar-refractivity contribution in [2.24, 2.45) is 0 Å². The van der Waals surface area contributed by atoms with Crippen LogP contribution in [0.4, 0.5) is 0 Å². The van der Waals surface area contributed by atoms with Crippen LogP contribution in [-0.4, -0.2) is 18.6 Å². The molecule has 0 saturated carbocycles. The summed E-state index contributed by atoms with van der Waals surface area (Å²) in [6, 6.07) is 11.3. The van der Waals surface area contributed by atoms with Crippen LogP contribution >= 0.6 is 23.4 Å². The number of rotatable bonds is 5. The third-order valence-corrected chi connectivity index (χ3v) is 4.44. The van der Waals surface area contributed by atoms with E-state index >= 15 is 0 Å². The number of ketones is 1. The molecule has 2 aromatic carbocycles. The predicted octanol–water partition coefficient (Wildman–Crippen LogP) is 4.94. The number of carbonyl (C=O) groups is 1. The second-order valence-corrected chi connectivity index (χ2v) is 6.29. The zero-order chi connectivity index (χ0) is 15.4. The molecule has 0 bridgehead atoms. The zero-order valence-electron chi connectivity index (χ0n) is 12.3. The maximum atomic E-state index is 12.4. The molecular formula is C17H17ClO2S. The van der Waals surface area contributed by atoms with Crippen molar-refractivity contribution in [3.05, 3.63) is 58.1 Å². The standard InChI is InChI=1S/C17H17ClO2S/c1-11-8-17(20-3)12(2)7-15(11)16(19)10-21-14-6-4-5-13(18)9-14/h4-9H,10H2,1-3H3. The highest BCUT2D eigenvalue weighted by molar-refractivity contribution is 8.00. The second kappa shape index (κ2) is 7.01. The predicted molar refractivity (Wildman–Crippen MR) is 89.0 cm³/mol. The molecule has 0 radical (unpaired) electrons. The lowest BCUT2D eigenvalue weighted by Crippen LogP contribution is -2.06. The molecule has 0 atom stereocenters. The average molecular weight is 321 g/mol. The fraction of sp³-hybridized carbons (Fsp3) is 0.235. The Morgan fingerprint density at radius 3 is 2.62 bits per heavy atom. The molecule has 4 heteroatoms. The molecule has 0 aromatic heterocycles. The summed E-state index contributed by atoms with van der Waals surface area (Å²) >= 11 is 7.44. The lowest BCUT2D eigenvalue weighted by molar-refractivity contribution is 0.102. The molecule has 2 rings (SSSR count). The van der Waals surface area contributed by atoms with Crippen molar-refractivity contribution in [3.8, 4) is 5.75 Å². The summed E-state index contributed by atoms with van der Waals surface area (Å²) in [5.74, 6) is 1.32. The minimum absolute atomic E-state index is 0.114. The molecule has 0 aliphatic rings. The van der Waals surface area contributed by atoms with E-state index in [2.05, 4.69) is 0 Å². The van der Waals surface area contributed by atoms with Crippen molar-refractivity contribution >= 4 is 29.1 Å². The maximum absolute atomic E-state index is 12.4. The highest BCUT2D eigenvalue weighted by Crippen LogP contribution is 2.26.